The fourth-order valence-electron chi connectivity index (χ4n) is 1.78. The lowest BCUT2D eigenvalue weighted by Crippen LogP contribution is -2.08. The van der Waals surface area contributed by atoms with Gasteiger partial charge in [0.25, 0.3) is 0 Å². The van der Waals surface area contributed by atoms with E-state index in [9.17, 15) is 4.79 Å². The third-order valence-corrected chi connectivity index (χ3v) is 4.48. The predicted octanol–water partition coefficient (Wildman–Crippen LogP) is 2.85. The summed E-state index contributed by atoms with van der Waals surface area (Å²) >= 11 is 2.72. The van der Waals surface area contributed by atoms with E-state index in [1.165, 1.54) is 23.1 Å². The van der Waals surface area contributed by atoms with Crippen molar-refractivity contribution in [2.24, 2.45) is 5.92 Å². The van der Waals surface area contributed by atoms with E-state index >= 15 is 0 Å². The zero-order chi connectivity index (χ0) is 15.4. The lowest BCUT2D eigenvalue weighted by atomic mass is 10.2. The third kappa shape index (κ3) is 3.98. The number of carbonyl (C=O) groups is 1. The first kappa shape index (κ1) is 15.8. The SMILES string of the molecule is COc1csc(-c2nnc(SCC(=O)O)n2CC(C)C)c1. The van der Waals surface area contributed by atoms with E-state index in [1.54, 1.807) is 7.11 Å². The van der Waals surface area contributed by atoms with E-state index in [1.807, 2.05) is 16.0 Å². The Labute approximate surface area is 131 Å². The first-order chi connectivity index (χ1) is 10.0. The molecule has 0 bridgehead atoms. The number of aliphatic carboxylic acids is 1. The van der Waals surface area contributed by atoms with Crippen LogP contribution in [0.2, 0.25) is 0 Å². The molecule has 0 amide bonds. The van der Waals surface area contributed by atoms with Crippen molar-refractivity contribution in [1.82, 2.24) is 14.8 Å². The summed E-state index contributed by atoms with van der Waals surface area (Å²) in [6.45, 7) is 4.94. The van der Waals surface area contributed by atoms with Gasteiger partial charge in [0.1, 0.15) is 5.75 Å². The molecule has 114 valence electrons. The highest BCUT2D eigenvalue weighted by Crippen LogP contribution is 2.32. The van der Waals surface area contributed by atoms with Gasteiger partial charge in [-0.15, -0.1) is 21.5 Å². The fraction of sp³-hybridized carbons (Fsp3) is 0.462. The minimum Gasteiger partial charge on any atom is -0.496 e. The molecular weight excluding hydrogens is 310 g/mol. The van der Waals surface area contributed by atoms with Crippen LogP contribution in [0, 0.1) is 5.92 Å². The minimum atomic E-state index is -0.863. The molecule has 1 N–H and O–H groups in total. The highest BCUT2D eigenvalue weighted by atomic mass is 32.2. The number of carboxylic acid groups (broad SMARTS) is 1. The molecule has 0 radical (unpaired) electrons. The third-order valence-electron chi connectivity index (χ3n) is 2.62. The van der Waals surface area contributed by atoms with Crippen molar-refractivity contribution in [2.45, 2.75) is 25.5 Å². The summed E-state index contributed by atoms with van der Waals surface area (Å²) in [6, 6.07) is 1.91. The van der Waals surface area contributed by atoms with Gasteiger partial charge in [-0.05, 0) is 5.92 Å². The molecule has 0 aliphatic rings. The highest BCUT2D eigenvalue weighted by molar-refractivity contribution is 7.99. The Kier molecular flexibility index (Phi) is 5.24. The first-order valence-corrected chi connectivity index (χ1v) is 8.28. The van der Waals surface area contributed by atoms with Crippen LogP contribution in [0.1, 0.15) is 13.8 Å². The van der Waals surface area contributed by atoms with Crippen molar-refractivity contribution < 1.29 is 14.6 Å². The van der Waals surface area contributed by atoms with Crippen LogP contribution < -0.4 is 4.74 Å². The molecule has 0 saturated heterocycles. The number of ether oxygens (including phenoxy) is 1. The number of methoxy groups -OCH3 is 1. The van der Waals surface area contributed by atoms with Crippen LogP contribution in [-0.4, -0.2) is 38.7 Å². The molecule has 0 spiro atoms. The number of hydrogen-bond donors (Lipinski definition) is 1. The Morgan fingerprint density at radius 1 is 1.52 bits per heavy atom. The zero-order valence-corrected chi connectivity index (χ0v) is 13.7. The van der Waals surface area contributed by atoms with E-state index in [0.29, 0.717) is 11.1 Å². The topological polar surface area (TPSA) is 77.2 Å². The lowest BCUT2D eigenvalue weighted by Gasteiger charge is -2.11. The molecular formula is C13H17N3O3S2. The lowest BCUT2D eigenvalue weighted by molar-refractivity contribution is -0.133. The largest absolute Gasteiger partial charge is 0.496 e. The van der Waals surface area contributed by atoms with Gasteiger partial charge in [0.2, 0.25) is 0 Å². The number of rotatable bonds is 7. The first-order valence-electron chi connectivity index (χ1n) is 6.42. The molecule has 21 heavy (non-hydrogen) atoms. The van der Waals surface area contributed by atoms with Crippen LogP contribution in [0.15, 0.2) is 16.6 Å². The fourth-order valence-corrected chi connectivity index (χ4v) is 3.29. The molecule has 6 nitrogen and oxygen atoms in total. The summed E-state index contributed by atoms with van der Waals surface area (Å²) in [5.41, 5.74) is 0. The average molecular weight is 327 g/mol. The molecule has 2 heterocycles. The molecule has 0 atom stereocenters. The van der Waals surface area contributed by atoms with Gasteiger partial charge in [0, 0.05) is 18.0 Å². The minimum absolute atomic E-state index is 0.0238. The zero-order valence-electron chi connectivity index (χ0n) is 12.1. The van der Waals surface area contributed by atoms with Crippen molar-refractivity contribution in [3.05, 3.63) is 11.4 Å². The Balaban J connectivity index is 2.33. The molecule has 2 rings (SSSR count). The normalized spacial score (nSPS) is 11.0. The van der Waals surface area contributed by atoms with E-state index in [2.05, 4.69) is 24.0 Å². The van der Waals surface area contributed by atoms with E-state index in [-0.39, 0.29) is 5.75 Å². The van der Waals surface area contributed by atoms with E-state index in [4.69, 9.17) is 9.84 Å². The molecule has 2 aromatic heterocycles. The standard InChI is InChI=1S/C13H17N3O3S2/c1-8(2)5-16-12(10-4-9(19-3)6-20-10)14-15-13(16)21-7-11(17)18/h4,6,8H,5,7H2,1-3H3,(H,17,18). The second-order valence-electron chi connectivity index (χ2n) is 4.84. The van der Waals surface area contributed by atoms with Crippen LogP contribution in [-0.2, 0) is 11.3 Å². The van der Waals surface area contributed by atoms with Crippen LogP contribution in [0.25, 0.3) is 10.7 Å². The van der Waals surface area contributed by atoms with Crippen LogP contribution >= 0.6 is 23.1 Å². The van der Waals surface area contributed by atoms with Crippen molar-refractivity contribution in [3.63, 3.8) is 0 Å². The summed E-state index contributed by atoms with van der Waals surface area (Å²) in [5, 5.41) is 19.7. The van der Waals surface area contributed by atoms with Crippen molar-refractivity contribution in [1.29, 1.82) is 0 Å². The highest BCUT2D eigenvalue weighted by Gasteiger charge is 2.17. The number of carboxylic acids is 1. The maximum atomic E-state index is 10.7. The van der Waals surface area contributed by atoms with Gasteiger partial charge in [-0.1, -0.05) is 25.6 Å². The van der Waals surface area contributed by atoms with Crippen LogP contribution in [0.3, 0.4) is 0 Å². The second kappa shape index (κ2) is 6.95. The predicted molar refractivity (Wildman–Crippen MR) is 83.1 cm³/mol. The number of thiophene rings is 1. The maximum Gasteiger partial charge on any atom is 0.313 e. The summed E-state index contributed by atoms with van der Waals surface area (Å²) < 4.78 is 7.17. The molecule has 0 aliphatic heterocycles. The average Bonchev–Trinajstić information content (AvgIpc) is 3.02. The Morgan fingerprint density at radius 2 is 2.29 bits per heavy atom. The van der Waals surface area contributed by atoms with Gasteiger partial charge in [0.05, 0.1) is 17.7 Å². The Bertz CT molecular complexity index is 622. The molecule has 0 aliphatic carbocycles. The van der Waals surface area contributed by atoms with E-state index < -0.39 is 5.97 Å². The van der Waals surface area contributed by atoms with Gasteiger partial charge >= 0.3 is 5.97 Å². The van der Waals surface area contributed by atoms with Crippen LogP contribution in [0.4, 0.5) is 0 Å². The monoisotopic (exact) mass is 327 g/mol. The molecule has 0 saturated carbocycles. The summed E-state index contributed by atoms with van der Waals surface area (Å²) in [5.74, 6) is 1.06. The number of thioether (sulfide) groups is 1. The van der Waals surface area contributed by atoms with Crippen molar-refractivity contribution in [3.8, 4) is 16.5 Å². The number of nitrogens with zero attached hydrogens (tertiary/aromatic N) is 3. The van der Waals surface area contributed by atoms with Gasteiger partial charge in [-0.3, -0.25) is 4.79 Å². The van der Waals surface area contributed by atoms with Crippen molar-refractivity contribution >= 4 is 29.1 Å². The maximum absolute atomic E-state index is 10.7. The molecule has 2 aromatic rings. The van der Waals surface area contributed by atoms with Gasteiger partial charge in [-0.25, -0.2) is 0 Å². The number of aromatic nitrogens is 3. The van der Waals surface area contributed by atoms with Gasteiger partial charge in [-0.2, -0.15) is 0 Å². The molecule has 0 fully saturated rings. The van der Waals surface area contributed by atoms with Gasteiger partial charge < -0.3 is 14.4 Å². The molecule has 0 unspecified atom stereocenters. The summed E-state index contributed by atoms with van der Waals surface area (Å²) in [7, 11) is 1.62. The Hall–Kier alpha value is -1.54. The summed E-state index contributed by atoms with van der Waals surface area (Å²) in [4.78, 5) is 11.7. The summed E-state index contributed by atoms with van der Waals surface area (Å²) in [6.07, 6.45) is 0. The number of hydrogen-bond acceptors (Lipinski definition) is 6. The molecule has 0 aromatic carbocycles. The van der Waals surface area contributed by atoms with Crippen molar-refractivity contribution in [2.75, 3.05) is 12.9 Å². The smallest absolute Gasteiger partial charge is 0.313 e. The molecule has 8 heteroatoms. The quantitative estimate of drug-likeness (QED) is 0.788. The van der Waals surface area contributed by atoms with Crippen LogP contribution in [0.5, 0.6) is 5.75 Å². The van der Waals surface area contributed by atoms with E-state index in [0.717, 1.165) is 23.0 Å². The second-order valence-corrected chi connectivity index (χ2v) is 6.70. The van der Waals surface area contributed by atoms with Gasteiger partial charge in [0.15, 0.2) is 11.0 Å². The Morgan fingerprint density at radius 3 is 2.86 bits per heavy atom.